The van der Waals surface area contributed by atoms with E-state index in [1.165, 1.54) is 0 Å². The first-order chi connectivity index (χ1) is 8.42. The highest BCUT2D eigenvalue weighted by molar-refractivity contribution is 5.84. The van der Waals surface area contributed by atoms with Gasteiger partial charge in [0.05, 0.1) is 5.92 Å². The van der Waals surface area contributed by atoms with Gasteiger partial charge in [0.1, 0.15) is 0 Å². The van der Waals surface area contributed by atoms with E-state index in [9.17, 15) is 9.59 Å². The zero-order chi connectivity index (χ0) is 13.9. The van der Waals surface area contributed by atoms with Gasteiger partial charge in [0, 0.05) is 32.1 Å². The van der Waals surface area contributed by atoms with Crippen LogP contribution in [0.5, 0.6) is 0 Å². The van der Waals surface area contributed by atoms with Gasteiger partial charge in [0.25, 0.3) is 0 Å². The van der Waals surface area contributed by atoms with Crippen LogP contribution in [0.4, 0.5) is 0 Å². The van der Waals surface area contributed by atoms with Crippen molar-refractivity contribution in [1.29, 1.82) is 0 Å². The molecule has 1 saturated heterocycles. The smallest absolute Gasteiger partial charge is 0.229 e. The van der Waals surface area contributed by atoms with E-state index < -0.39 is 0 Å². The number of rotatable bonds is 5. The van der Waals surface area contributed by atoms with Crippen LogP contribution in [0.15, 0.2) is 0 Å². The first kappa shape index (κ1) is 15.0. The van der Waals surface area contributed by atoms with E-state index in [-0.39, 0.29) is 29.8 Å². The molecule has 0 aromatic carbocycles. The molecular formula is C14H26N2O2. The molecule has 0 aromatic rings. The molecule has 1 rings (SSSR count). The quantitative estimate of drug-likeness (QED) is 0.751. The summed E-state index contributed by atoms with van der Waals surface area (Å²) in [6.07, 6.45) is 1.94. The van der Waals surface area contributed by atoms with Crippen molar-refractivity contribution in [2.75, 3.05) is 13.1 Å². The minimum atomic E-state index is 0.0110. The van der Waals surface area contributed by atoms with Crippen LogP contribution in [0.2, 0.25) is 0 Å². The predicted octanol–water partition coefficient (Wildman–Crippen LogP) is 1.89. The van der Waals surface area contributed by atoms with E-state index in [1.54, 1.807) is 11.8 Å². The minimum absolute atomic E-state index is 0.0110. The zero-order valence-electron chi connectivity index (χ0n) is 12.3. The van der Waals surface area contributed by atoms with Crippen LogP contribution in [0, 0.1) is 5.92 Å². The molecule has 104 valence electrons. The summed E-state index contributed by atoms with van der Waals surface area (Å²) < 4.78 is 0. The fraction of sp³-hybridized carbons (Fsp3) is 0.857. The summed E-state index contributed by atoms with van der Waals surface area (Å²) in [6, 6.07) is 0.553. The highest BCUT2D eigenvalue weighted by Crippen LogP contribution is 2.22. The van der Waals surface area contributed by atoms with Crippen molar-refractivity contribution in [3.8, 4) is 0 Å². The van der Waals surface area contributed by atoms with Crippen molar-refractivity contribution in [1.82, 2.24) is 9.80 Å². The van der Waals surface area contributed by atoms with Crippen LogP contribution in [-0.4, -0.2) is 46.8 Å². The third kappa shape index (κ3) is 3.03. The van der Waals surface area contributed by atoms with Gasteiger partial charge in [-0.15, -0.1) is 0 Å². The minimum Gasteiger partial charge on any atom is -0.341 e. The molecule has 1 fully saturated rings. The lowest BCUT2D eigenvalue weighted by molar-refractivity contribution is -0.150. The summed E-state index contributed by atoms with van der Waals surface area (Å²) in [5.74, 6) is 0.297. The lowest BCUT2D eigenvalue weighted by Crippen LogP contribution is -2.58. The molecule has 0 bridgehead atoms. The maximum atomic E-state index is 12.5. The Kier molecular flexibility index (Phi) is 5.17. The van der Waals surface area contributed by atoms with E-state index in [2.05, 4.69) is 27.7 Å². The number of hydrogen-bond donors (Lipinski definition) is 0. The number of carbonyl (C=O) groups is 2. The van der Waals surface area contributed by atoms with Crippen molar-refractivity contribution in [3.05, 3.63) is 0 Å². The van der Waals surface area contributed by atoms with E-state index >= 15 is 0 Å². The van der Waals surface area contributed by atoms with Gasteiger partial charge < -0.3 is 9.80 Å². The van der Waals surface area contributed by atoms with Gasteiger partial charge in [0.15, 0.2) is 0 Å². The normalized spacial score (nSPS) is 19.1. The first-order valence-electron chi connectivity index (χ1n) is 6.99. The van der Waals surface area contributed by atoms with Crippen LogP contribution >= 0.6 is 0 Å². The van der Waals surface area contributed by atoms with Crippen LogP contribution in [0.1, 0.15) is 47.5 Å². The fourth-order valence-electron chi connectivity index (χ4n) is 2.36. The van der Waals surface area contributed by atoms with Crippen molar-refractivity contribution >= 4 is 11.8 Å². The third-order valence-corrected chi connectivity index (χ3v) is 4.06. The summed E-state index contributed by atoms with van der Waals surface area (Å²) in [6.45, 7) is 11.2. The van der Waals surface area contributed by atoms with E-state index in [4.69, 9.17) is 0 Å². The van der Waals surface area contributed by atoms with Gasteiger partial charge >= 0.3 is 0 Å². The first-order valence-corrected chi connectivity index (χ1v) is 6.99. The highest BCUT2D eigenvalue weighted by Gasteiger charge is 2.38. The van der Waals surface area contributed by atoms with Crippen molar-refractivity contribution < 1.29 is 9.59 Å². The number of nitrogens with zero attached hydrogens (tertiary/aromatic N) is 2. The largest absolute Gasteiger partial charge is 0.341 e. The zero-order valence-corrected chi connectivity index (χ0v) is 12.3. The van der Waals surface area contributed by atoms with Gasteiger partial charge in [-0.05, 0) is 26.7 Å². The Balaban J connectivity index is 2.64. The van der Waals surface area contributed by atoms with Gasteiger partial charge in [-0.25, -0.2) is 0 Å². The Morgan fingerprint density at radius 3 is 1.94 bits per heavy atom. The molecule has 1 heterocycles. The maximum Gasteiger partial charge on any atom is 0.229 e. The van der Waals surface area contributed by atoms with Crippen LogP contribution in [-0.2, 0) is 9.59 Å². The summed E-state index contributed by atoms with van der Waals surface area (Å²) in [7, 11) is 0. The molecule has 0 aromatic heterocycles. The van der Waals surface area contributed by atoms with Gasteiger partial charge in [-0.3, -0.25) is 9.59 Å². The molecular weight excluding hydrogens is 228 g/mol. The molecule has 0 spiro atoms. The van der Waals surface area contributed by atoms with Crippen LogP contribution < -0.4 is 0 Å². The molecule has 4 heteroatoms. The molecule has 0 saturated carbocycles. The highest BCUT2D eigenvalue weighted by atomic mass is 16.2. The number of carbonyl (C=O) groups excluding carboxylic acids is 2. The lowest BCUT2D eigenvalue weighted by Gasteiger charge is -2.43. The number of amides is 2. The molecule has 1 aliphatic heterocycles. The second-order valence-corrected chi connectivity index (χ2v) is 5.38. The standard InChI is InChI=1S/C14H26N2O2/c1-6-10(3)16(11(4)7-2)14(18)13-8-15(9-13)12(5)17/h10-11,13H,6-9H2,1-5H3/t10-,11-/m1/s1. The molecule has 4 nitrogen and oxygen atoms in total. The van der Waals surface area contributed by atoms with Crippen molar-refractivity contribution in [3.63, 3.8) is 0 Å². The monoisotopic (exact) mass is 254 g/mol. The van der Waals surface area contributed by atoms with Gasteiger partial charge in [-0.2, -0.15) is 0 Å². The second kappa shape index (κ2) is 6.21. The molecule has 2 atom stereocenters. The summed E-state index contributed by atoms with van der Waals surface area (Å²) in [5.41, 5.74) is 0. The van der Waals surface area contributed by atoms with Gasteiger partial charge in [-0.1, -0.05) is 13.8 Å². The molecule has 0 unspecified atom stereocenters. The summed E-state index contributed by atoms with van der Waals surface area (Å²) in [4.78, 5) is 27.4. The number of hydrogen-bond acceptors (Lipinski definition) is 2. The number of likely N-dealkylation sites (tertiary alicyclic amines) is 1. The average Bonchev–Trinajstić information content (AvgIpc) is 2.26. The lowest BCUT2D eigenvalue weighted by atomic mass is 9.96. The van der Waals surface area contributed by atoms with Crippen molar-refractivity contribution in [2.45, 2.75) is 59.5 Å². The molecule has 18 heavy (non-hydrogen) atoms. The Hall–Kier alpha value is -1.06. The Bertz CT molecular complexity index is 301. The van der Waals surface area contributed by atoms with Crippen molar-refractivity contribution in [2.24, 2.45) is 5.92 Å². The summed E-state index contributed by atoms with van der Waals surface area (Å²) >= 11 is 0. The second-order valence-electron chi connectivity index (χ2n) is 5.38. The third-order valence-electron chi connectivity index (χ3n) is 4.06. The molecule has 1 aliphatic rings. The SMILES string of the molecule is CC[C@@H](C)N(C(=O)C1CN(C(C)=O)C1)[C@H](C)CC. The van der Waals surface area contributed by atoms with Crippen LogP contribution in [0.3, 0.4) is 0 Å². The van der Waals surface area contributed by atoms with E-state index in [0.29, 0.717) is 13.1 Å². The average molecular weight is 254 g/mol. The van der Waals surface area contributed by atoms with E-state index in [0.717, 1.165) is 12.8 Å². The fourth-order valence-corrected chi connectivity index (χ4v) is 2.36. The Morgan fingerprint density at radius 2 is 1.61 bits per heavy atom. The predicted molar refractivity (Wildman–Crippen MR) is 72.1 cm³/mol. The topological polar surface area (TPSA) is 40.6 Å². The molecule has 0 N–H and O–H groups in total. The summed E-state index contributed by atoms with van der Waals surface area (Å²) in [5, 5.41) is 0. The molecule has 0 radical (unpaired) electrons. The van der Waals surface area contributed by atoms with E-state index in [1.807, 2.05) is 4.90 Å². The van der Waals surface area contributed by atoms with Gasteiger partial charge in [0.2, 0.25) is 11.8 Å². The molecule has 2 amide bonds. The molecule has 0 aliphatic carbocycles. The Morgan fingerprint density at radius 1 is 1.17 bits per heavy atom. The Labute approximate surface area is 110 Å². The van der Waals surface area contributed by atoms with Crippen LogP contribution in [0.25, 0.3) is 0 Å². The maximum absolute atomic E-state index is 12.5.